The van der Waals surface area contributed by atoms with Gasteiger partial charge in [-0.05, 0) is 36.8 Å². The minimum absolute atomic E-state index is 0.154. The fourth-order valence-electron chi connectivity index (χ4n) is 1.72. The van der Waals surface area contributed by atoms with Gasteiger partial charge in [0.15, 0.2) is 0 Å². The summed E-state index contributed by atoms with van der Waals surface area (Å²) in [6, 6.07) is 2.10. The molecule has 0 bridgehead atoms. The van der Waals surface area contributed by atoms with Crippen molar-refractivity contribution in [2.24, 2.45) is 0 Å². The van der Waals surface area contributed by atoms with Gasteiger partial charge in [0, 0.05) is 4.88 Å². The molecule has 2 heterocycles. The van der Waals surface area contributed by atoms with Gasteiger partial charge in [0.2, 0.25) is 0 Å². The summed E-state index contributed by atoms with van der Waals surface area (Å²) in [6.45, 7) is 2.09. The van der Waals surface area contributed by atoms with Crippen LogP contribution >= 0.6 is 11.3 Å². The molecule has 0 saturated carbocycles. The van der Waals surface area contributed by atoms with Gasteiger partial charge in [-0.1, -0.05) is 0 Å². The van der Waals surface area contributed by atoms with Gasteiger partial charge in [-0.2, -0.15) is 0 Å². The Morgan fingerprint density at radius 1 is 1.62 bits per heavy atom. The van der Waals surface area contributed by atoms with E-state index in [9.17, 15) is 4.79 Å². The first-order valence-electron chi connectivity index (χ1n) is 4.46. The maximum Gasteiger partial charge on any atom is 0.148 e. The van der Waals surface area contributed by atoms with Crippen LogP contribution in [0.4, 0.5) is 0 Å². The summed E-state index contributed by atoms with van der Waals surface area (Å²) < 4.78 is 5.57. The topological polar surface area (TPSA) is 26.3 Å². The van der Waals surface area contributed by atoms with Crippen molar-refractivity contribution in [2.75, 3.05) is 0 Å². The van der Waals surface area contributed by atoms with Crippen molar-refractivity contribution < 1.29 is 9.53 Å². The van der Waals surface area contributed by atoms with Gasteiger partial charge in [0.05, 0.1) is 6.10 Å². The lowest BCUT2D eigenvalue weighted by atomic mass is 10.1. The Bertz CT molecular complexity index is 306. The summed E-state index contributed by atoms with van der Waals surface area (Å²) in [5, 5.41) is 2.07. The van der Waals surface area contributed by atoms with Crippen LogP contribution < -0.4 is 0 Å². The highest BCUT2D eigenvalue weighted by atomic mass is 32.1. The molecule has 0 amide bonds. The van der Waals surface area contributed by atoms with Crippen molar-refractivity contribution in [3.63, 3.8) is 0 Å². The van der Waals surface area contributed by atoms with Crippen LogP contribution in [-0.4, -0.2) is 12.4 Å². The number of carbonyl (C=O) groups excluding carboxylic acids is 1. The number of carbonyl (C=O) groups is 1. The molecule has 70 valence electrons. The number of hydrogen-bond acceptors (Lipinski definition) is 3. The van der Waals surface area contributed by atoms with Crippen LogP contribution in [0.2, 0.25) is 0 Å². The molecule has 1 aliphatic heterocycles. The van der Waals surface area contributed by atoms with Crippen molar-refractivity contribution >= 4 is 17.6 Å². The lowest BCUT2D eigenvalue weighted by Crippen LogP contribution is -2.07. The van der Waals surface area contributed by atoms with E-state index in [1.54, 1.807) is 11.3 Å². The summed E-state index contributed by atoms with van der Waals surface area (Å²) in [5.74, 6) is 0. The number of hydrogen-bond donors (Lipinski definition) is 0. The molecule has 1 aromatic rings. The molecule has 3 heteroatoms. The van der Waals surface area contributed by atoms with Crippen molar-refractivity contribution in [1.29, 1.82) is 0 Å². The van der Waals surface area contributed by atoms with Crippen LogP contribution in [0.1, 0.15) is 29.4 Å². The average molecular weight is 196 g/mol. The first kappa shape index (κ1) is 8.91. The highest BCUT2D eigenvalue weighted by Gasteiger charge is 2.27. The zero-order chi connectivity index (χ0) is 9.26. The van der Waals surface area contributed by atoms with Crippen molar-refractivity contribution in [1.82, 2.24) is 0 Å². The second kappa shape index (κ2) is 3.60. The van der Waals surface area contributed by atoms with Crippen molar-refractivity contribution in [2.45, 2.75) is 32.0 Å². The van der Waals surface area contributed by atoms with E-state index < -0.39 is 0 Å². The van der Waals surface area contributed by atoms with E-state index in [-0.39, 0.29) is 12.2 Å². The van der Waals surface area contributed by atoms with Gasteiger partial charge in [-0.25, -0.2) is 0 Å². The Morgan fingerprint density at radius 2 is 2.46 bits per heavy atom. The monoisotopic (exact) mass is 196 g/mol. The maximum atomic E-state index is 10.5. The molecule has 0 radical (unpaired) electrons. The molecule has 2 rings (SSSR count). The average Bonchev–Trinajstić information content (AvgIpc) is 2.71. The Balaban J connectivity index is 2.12. The number of aryl methyl sites for hydroxylation is 1. The molecule has 13 heavy (non-hydrogen) atoms. The SMILES string of the molecule is Cc1sccc1C1CCC(C=O)O1. The molecule has 1 saturated heterocycles. The molecule has 1 aromatic heterocycles. The molecule has 2 nitrogen and oxygen atoms in total. The van der Waals surface area contributed by atoms with E-state index in [4.69, 9.17) is 4.74 Å². The van der Waals surface area contributed by atoms with Crippen LogP contribution in [0, 0.1) is 6.92 Å². The third-order valence-corrected chi connectivity index (χ3v) is 3.31. The number of thiophene rings is 1. The van der Waals surface area contributed by atoms with Gasteiger partial charge in [-0.3, -0.25) is 0 Å². The van der Waals surface area contributed by atoms with Crippen LogP contribution in [0.5, 0.6) is 0 Å². The highest BCUT2D eigenvalue weighted by Crippen LogP contribution is 2.35. The number of aldehydes is 1. The van der Waals surface area contributed by atoms with Crippen molar-refractivity contribution in [3.8, 4) is 0 Å². The molecular formula is C10H12O2S. The summed E-state index contributed by atoms with van der Waals surface area (Å²) in [4.78, 5) is 11.8. The molecule has 0 aliphatic carbocycles. The normalized spacial score (nSPS) is 27.8. The lowest BCUT2D eigenvalue weighted by Gasteiger charge is -2.09. The molecule has 2 unspecified atom stereocenters. The quantitative estimate of drug-likeness (QED) is 0.679. The Morgan fingerprint density at radius 3 is 3.00 bits per heavy atom. The minimum Gasteiger partial charge on any atom is -0.363 e. The van der Waals surface area contributed by atoms with E-state index in [0.29, 0.717) is 0 Å². The van der Waals surface area contributed by atoms with Crippen LogP contribution in [0.15, 0.2) is 11.4 Å². The fourth-order valence-corrected chi connectivity index (χ4v) is 2.47. The molecule has 0 spiro atoms. The largest absolute Gasteiger partial charge is 0.363 e. The summed E-state index contributed by atoms with van der Waals surface area (Å²) >= 11 is 1.73. The lowest BCUT2D eigenvalue weighted by molar-refractivity contribution is -0.117. The van der Waals surface area contributed by atoms with Crippen LogP contribution in [0.25, 0.3) is 0 Å². The minimum atomic E-state index is -0.177. The Hall–Kier alpha value is -0.670. The van der Waals surface area contributed by atoms with Gasteiger partial charge in [0.25, 0.3) is 0 Å². The number of ether oxygens (including phenoxy) is 1. The predicted octanol–water partition coefficient (Wildman–Crippen LogP) is 2.48. The van der Waals surface area contributed by atoms with E-state index in [1.165, 1.54) is 10.4 Å². The van der Waals surface area contributed by atoms with Crippen LogP contribution in [-0.2, 0) is 9.53 Å². The molecule has 0 aromatic carbocycles. The zero-order valence-corrected chi connectivity index (χ0v) is 8.34. The van der Waals surface area contributed by atoms with E-state index in [2.05, 4.69) is 18.4 Å². The summed E-state index contributed by atoms with van der Waals surface area (Å²) in [6.07, 6.45) is 2.72. The molecular weight excluding hydrogens is 184 g/mol. The zero-order valence-electron chi connectivity index (χ0n) is 7.53. The predicted molar refractivity (Wildman–Crippen MR) is 52.0 cm³/mol. The summed E-state index contributed by atoms with van der Waals surface area (Å²) in [5.41, 5.74) is 1.26. The van der Waals surface area contributed by atoms with Gasteiger partial charge < -0.3 is 9.53 Å². The Kier molecular flexibility index (Phi) is 2.47. The fraction of sp³-hybridized carbons (Fsp3) is 0.500. The smallest absolute Gasteiger partial charge is 0.148 e. The first-order chi connectivity index (χ1) is 6.31. The Labute approximate surface area is 81.5 Å². The van der Waals surface area contributed by atoms with Gasteiger partial charge in [0.1, 0.15) is 12.4 Å². The molecule has 0 N–H and O–H groups in total. The highest BCUT2D eigenvalue weighted by molar-refractivity contribution is 7.10. The third kappa shape index (κ3) is 1.67. The van der Waals surface area contributed by atoms with E-state index in [0.717, 1.165) is 19.1 Å². The van der Waals surface area contributed by atoms with Gasteiger partial charge in [-0.15, -0.1) is 11.3 Å². The van der Waals surface area contributed by atoms with E-state index >= 15 is 0 Å². The first-order valence-corrected chi connectivity index (χ1v) is 5.34. The second-order valence-corrected chi connectivity index (χ2v) is 4.43. The number of rotatable bonds is 2. The standard InChI is InChI=1S/C10H12O2S/c1-7-9(4-5-13-7)10-3-2-8(6-11)12-10/h4-6,8,10H,2-3H2,1H3. The van der Waals surface area contributed by atoms with Crippen molar-refractivity contribution in [3.05, 3.63) is 21.9 Å². The van der Waals surface area contributed by atoms with E-state index in [1.807, 2.05) is 0 Å². The van der Waals surface area contributed by atoms with Crippen LogP contribution in [0.3, 0.4) is 0 Å². The molecule has 1 fully saturated rings. The maximum absolute atomic E-state index is 10.5. The second-order valence-electron chi connectivity index (χ2n) is 3.31. The third-order valence-electron chi connectivity index (χ3n) is 2.45. The molecule has 2 atom stereocenters. The summed E-state index contributed by atoms with van der Waals surface area (Å²) in [7, 11) is 0. The molecule has 1 aliphatic rings. The van der Waals surface area contributed by atoms with Gasteiger partial charge >= 0.3 is 0 Å².